The minimum atomic E-state index is -0.177. The molecule has 1 aliphatic rings. The number of allylic oxidation sites excluding steroid dienone is 1. The summed E-state index contributed by atoms with van der Waals surface area (Å²) in [6.45, 7) is 6.12. The van der Waals surface area contributed by atoms with Crippen molar-refractivity contribution in [1.82, 2.24) is 0 Å². The Morgan fingerprint density at radius 3 is 2.07 bits per heavy atom. The van der Waals surface area contributed by atoms with Gasteiger partial charge < -0.3 is 0 Å². The third-order valence-electron chi connectivity index (χ3n) is 6.35. The van der Waals surface area contributed by atoms with E-state index in [4.69, 9.17) is 0 Å². The maximum Gasteiger partial charge on any atom is 0.131 e. The van der Waals surface area contributed by atoms with Crippen LogP contribution in [-0.2, 0) is 6.42 Å². The van der Waals surface area contributed by atoms with E-state index >= 15 is 0 Å². The summed E-state index contributed by atoms with van der Waals surface area (Å²) in [6.07, 6.45) is 7.94. The molecule has 4 rings (SSSR count). The third kappa shape index (κ3) is 4.50. The van der Waals surface area contributed by atoms with Crippen LogP contribution in [0.2, 0.25) is 0 Å². The molecule has 1 fully saturated rings. The fourth-order valence-electron chi connectivity index (χ4n) is 4.46. The van der Waals surface area contributed by atoms with E-state index in [-0.39, 0.29) is 5.82 Å². The molecule has 0 nitrogen and oxygen atoms in total. The number of halogens is 1. The molecule has 0 radical (unpaired) electrons. The van der Waals surface area contributed by atoms with Gasteiger partial charge in [0.1, 0.15) is 5.82 Å². The van der Waals surface area contributed by atoms with Gasteiger partial charge in [0.15, 0.2) is 0 Å². The van der Waals surface area contributed by atoms with Crippen LogP contribution >= 0.6 is 0 Å². The van der Waals surface area contributed by atoms with E-state index in [2.05, 4.69) is 37.8 Å². The molecule has 1 saturated carbocycles. The molecule has 0 saturated heterocycles. The predicted octanol–water partition coefficient (Wildman–Crippen LogP) is 8.18. The van der Waals surface area contributed by atoms with Gasteiger partial charge in [-0.1, -0.05) is 86.5 Å². The van der Waals surface area contributed by atoms with Crippen LogP contribution in [-0.4, -0.2) is 0 Å². The van der Waals surface area contributed by atoms with E-state index in [1.54, 1.807) is 6.07 Å². The average molecular weight is 385 g/mol. The van der Waals surface area contributed by atoms with Gasteiger partial charge in [-0.15, -0.1) is 6.58 Å². The largest absolute Gasteiger partial charge is 0.206 e. The molecule has 0 aromatic heterocycles. The smallest absolute Gasteiger partial charge is 0.131 e. The molecule has 148 valence electrons. The van der Waals surface area contributed by atoms with Crippen LogP contribution in [0.25, 0.3) is 22.3 Å². The van der Waals surface area contributed by atoms with E-state index in [1.165, 1.54) is 36.8 Å². The summed E-state index contributed by atoms with van der Waals surface area (Å²) in [6, 6.07) is 22.4. The van der Waals surface area contributed by atoms with Gasteiger partial charge in [0.05, 0.1) is 0 Å². The van der Waals surface area contributed by atoms with Crippen LogP contribution in [0.1, 0.15) is 49.7 Å². The molecule has 0 aliphatic heterocycles. The average Bonchev–Trinajstić information content (AvgIpc) is 2.75. The van der Waals surface area contributed by atoms with Gasteiger partial charge in [0.2, 0.25) is 0 Å². The first kappa shape index (κ1) is 19.6. The molecule has 3 aromatic carbocycles. The molecule has 0 N–H and O–H groups in total. The Kier molecular flexibility index (Phi) is 5.94. The molecule has 3 aromatic rings. The van der Waals surface area contributed by atoms with Crippen molar-refractivity contribution in [3.05, 3.63) is 96.3 Å². The Morgan fingerprint density at radius 2 is 1.45 bits per heavy atom. The van der Waals surface area contributed by atoms with Gasteiger partial charge in [0, 0.05) is 5.56 Å². The highest BCUT2D eigenvalue weighted by Gasteiger charge is 2.19. The van der Waals surface area contributed by atoms with Crippen LogP contribution in [0.4, 0.5) is 4.39 Å². The summed E-state index contributed by atoms with van der Waals surface area (Å²) in [5.41, 5.74) is 6.17. The van der Waals surface area contributed by atoms with Gasteiger partial charge >= 0.3 is 0 Å². The Hall–Kier alpha value is -2.67. The molecule has 1 heteroatoms. The molecule has 1 aliphatic carbocycles. The van der Waals surface area contributed by atoms with E-state index in [0.717, 1.165) is 29.0 Å². The third-order valence-corrected chi connectivity index (χ3v) is 6.35. The molecule has 0 atom stereocenters. The Balaban J connectivity index is 1.52. The van der Waals surface area contributed by atoms with Gasteiger partial charge in [-0.3, -0.25) is 0 Å². The number of hydrogen-bond acceptors (Lipinski definition) is 0. The van der Waals surface area contributed by atoms with Gasteiger partial charge in [-0.25, -0.2) is 4.39 Å². The van der Waals surface area contributed by atoms with Crippen LogP contribution in [0.15, 0.2) is 79.4 Å². The zero-order chi connectivity index (χ0) is 20.2. The van der Waals surface area contributed by atoms with Crippen LogP contribution in [0, 0.1) is 11.7 Å². The zero-order valence-corrected chi connectivity index (χ0v) is 17.2. The fourth-order valence-corrected chi connectivity index (χ4v) is 4.46. The fraction of sp³-hybridized carbons (Fsp3) is 0.286. The summed E-state index contributed by atoms with van der Waals surface area (Å²) >= 11 is 0. The summed E-state index contributed by atoms with van der Waals surface area (Å²) in [5, 5.41) is 0. The molecule has 0 amide bonds. The van der Waals surface area contributed by atoms with Crippen molar-refractivity contribution in [3.63, 3.8) is 0 Å². The lowest BCUT2D eigenvalue weighted by Crippen LogP contribution is -2.10. The Bertz CT molecular complexity index is 958. The lowest BCUT2D eigenvalue weighted by atomic mass is 9.79. The molecule has 0 heterocycles. The van der Waals surface area contributed by atoms with Crippen molar-refractivity contribution < 1.29 is 4.39 Å². The quantitative estimate of drug-likeness (QED) is 0.389. The van der Waals surface area contributed by atoms with E-state index < -0.39 is 0 Å². The van der Waals surface area contributed by atoms with Crippen molar-refractivity contribution in [2.45, 2.75) is 44.9 Å². The molecule has 0 bridgehead atoms. The number of rotatable bonds is 5. The van der Waals surface area contributed by atoms with Crippen molar-refractivity contribution in [2.75, 3.05) is 0 Å². The van der Waals surface area contributed by atoms with Crippen molar-refractivity contribution >= 4 is 0 Å². The second-order valence-corrected chi connectivity index (χ2v) is 8.46. The first-order valence-electron chi connectivity index (χ1n) is 10.7. The monoisotopic (exact) mass is 384 g/mol. The Labute approximate surface area is 174 Å². The molecule has 0 spiro atoms. The van der Waals surface area contributed by atoms with E-state index in [9.17, 15) is 4.39 Å². The maximum atomic E-state index is 14.9. The van der Waals surface area contributed by atoms with Gasteiger partial charge in [-0.05, 0) is 65.0 Å². The molecular weight excluding hydrogens is 355 g/mol. The predicted molar refractivity (Wildman–Crippen MR) is 122 cm³/mol. The molecule has 29 heavy (non-hydrogen) atoms. The first-order chi connectivity index (χ1) is 14.1. The van der Waals surface area contributed by atoms with Crippen molar-refractivity contribution in [3.8, 4) is 22.3 Å². The lowest BCUT2D eigenvalue weighted by Gasteiger charge is -2.26. The second-order valence-electron chi connectivity index (χ2n) is 8.46. The number of benzene rings is 3. The maximum absolute atomic E-state index is 14.9. The van der Waals surface area contributed by atoms with Gasteiger partial charge in [0.25, 0.3) is 0 Å². The Morgan fingerprint density at radius 1 is 0.828 bits per heavy atom. The first-order valence-corrected chi connectivity index (χ1v) is 10.7. The van der Waals surface area contributed by atoms with E-state index in [0.29, 0.717) is 11.5 Å². The zero-order valence-electron chi connectivity index (χ0n) is 17.2. The molecule has 0 unspecified atom stereocenters. The minimum absolute atomic E-state index is 0.177. The summed E-state index contributed by atoms with van der Waals surface area (Å²) in [7, 11) is 0. The van der Waals surface area contributed by atoms with Gasteiger partial charge in [-0.2, -0.15) is 0 Å². The lowest BCUT2D eigenvalue weighted by molar-refractivity contribution is 0.348. The normalized spacial score (nSPS) is 19.1. The van der Waals surface area contributed by atoms with Crippen molar-refractivity contribution in [2.24, 2.45) is 5.92 Å². The SMILES string of the molecule is C=CCc1ccc(-c2ccc(-c3ccc(C4CCC(C)CC4)cc3)cc2F)cc1. The highest BCUT2D eigenvalue weighted by Crippen LogP contribution is 2.36. The van der Waals surface area contributed by atoms with Crippen LogP contribution in [0.5, 0.6) is 0 Å². The van der Waals surface area contributed by atoms with Crippen molar-refractivity contribution in [1.29, 1.82) is 0 Å². The number of hydrogen-bond donors (Lipinski definition) is 0. The summed E-state index contributed by atoms with van der Waals surface area (Å²) < 4.78 is 14.9. The summed E-state index contributed by atoms with van der Waals surface area (Å²) in [4.78, 5) is 0. The molecular formula is C28H29F. The van der Waals surface area contributed by atoms with Crippen LogP contribution in [0.3, 0.4) is 0 Å². The standard InChI is InChI=1S/C28H29F/c1-3-4-21-7-11-25(12-8-21)27-18-17-26(19-28(27)29)24-15-13-23(14-16-24)22-9-5-20(2)6-10-22/h3,7-8,11-20,22H,1,4-6,9-10H2,2H3. The topological polar surface area (TPSA) is 0 Å². The highest BCUT2D eigenvalue weighted by molar-refractivity contribution is 5.71. The highest BCUT2D eigenvalue weighted by atomic mass is 19.1. The van der Waals surface area contributed by atoms with Crippen LogP contribution < -0.4 is 0 Å². The second kappa shape index (κ2) is 8.78. The minimum Gasteiger partial charge on any atom is -0.206 e. The van der Waals surface area contributed by atoms with E-state index in [1.807, 2.05) is 42.5 Å². The summed E-state index contributed by atoms with van der Waals surface area (Å²) in [5.74, 6) is 1.37.